The number of aryl methyl sites for hydroxylation is 3. The summed E-state index contributed by atoms with van der Waals surface area (Å²) in [6.45, 7) is 1.85. The van der Waals surface area contributed by atoms with Crippen LogP contribution in [-0.2, 0) is 19.3 Å². The summed E-state index contributed by atoms with van der Waals surface area (Å²) in [5.74, 6) is 0.148. The van der Waals surface area contributed by atoms with Gasteiger partial charge in [0.05, 0.1) is 12.0 Å². The molecule has 0 aliphatic rings. The number of carboxylic acid groups (broad SMARTS) is 1. The van der Waals surface area contributed by atoms with Gasteiger partial charge in [-0.1, -0.05) is 6.92 Å². The Labute approximate surface area is 98.1 Å². The number of oxazole rings is 1. The topological polar surface area (TPSA) is 76.5 Å². The number of furan rings is 1. The molecule has 5 heteroatoms. The molecule has 0 aliphatic heterocycles. The summed E-state index contributed by atoms with van der Waals surface area (Å²) in [7, 11) is 0. The van der Waals surface area contributed by atoms with Crippen molar-refractivity contribution < 1.29 is 18.7 Å². The highest BCUT2D eigenvalue weighted by Crippen LogP contribution is 2.14. The van der Waals surface area contributed by atoms with Crippen molar-refractivity contribution in [2.45, 2.75) is 26.2 Å². The van der Waals surface area contributed by atoms with Gasteiger partial charge >= 0.3 is 5.97 Å². The number of carbonyl (C=O) groups is 1. The predicted molar refractivity (Wildman–Crippen MR) is 59.0 cm³/mol. The molecule has 0 spiro atoms. The fourth-order valence-electron chi connectivity index (χ4n) is 1.60. The maximum atomic E-state index is 10.9. The summed E-state index contributed by atoms with van der Waals surface area (Å²) in [6.07, 6.45) is 3.33. The third-order valence-corrected chi connectivity index (χ3v) is 2.44. The van der Waals surface area contributed by atoms with E-state index >= 15 is 0 Å². The van der Waals surface area contributed by atoms with Gasteiger partial charge in [0.1, 0.15) is 5.76 Å². The van der Waals surface area contributed by atoms with Crippen LogP contribution in [0, 0.1) is 0 Å². The minimum absolute atomic E-state index is 0.0538. The van der Waals surface area contributed by atoms with Crippen LogP contribution in [0.2, 0.25) is 0 Å². The van der Waals surface area contributed by atoms with Gasteiger partial charge in [0, 0.05) is 12.8 Å². The molecule has 0 bridgehead atoms. The molecule has 5 nitrogen and oxygen atoms in total. The van der Waals surface area contributed by atoms with Gasteiger partial charge in [0.15, 0.2) is 5.89 Å². The maximum Gasteiger partial charge on any atom is 0.373 e. The Morgan fingerprint density at radius 3 is 2.82 bits per heavy atom. The lowest BCUT2D eigenvalue weighted by atomic mass is 10.2. The first-order valence-electron chi connectivity index (χ1n) is 5.45. The smallest absolute Gasteiger partial charge is 0.373 e. The molecule has 90 valence electrons. The van der Waals surface area contributed by atoms with Gasteiger partial charge in [-0.25, -0.2) is 9.78 Å². The molecule has 2 rings (SSSR count). The zero-order chi connectivity index (χ0) is 12.3. The van der Waals surface area contributed by atoms with E-state index in [1.54, 1.807) is 6.26 Å². The van der Waals surface area contributed by atoms with Crippen molar-refractivity contribution in [1.82, 2.24) is 4.98 Å². The summed E-state index contributed by atoms with van der Waals surface area (Å²) >= 11 is 0. The van der Waals surface area contributed by atoms with Gasteiger partial charge < -0.3 is 13.9 Å². The molecule has 0 saturated heterocycles. The second kappa shape index (κ2) is 4.86. The number of hydrogen-bond donors (Lipinski definition) is 1. The third-order valence-electron chi connectivity index (χ3n) is 2.44. The Balaban J connectivity index is 2.09. The van der Waals surface area contributed by atoms with Gasteiger partial charge in [-0.3, -0.25) is 0 Å². The van der Waals surface area contributed by atoms with Crippen LogP contribution in [0.15, 0.2) is 27.2 Å². The van der Waals surface area contributed by atoms with Crippen LogP contribution in [0.1, 0.15) is 34.8 Å². The molecular weight excluding hydrogens is 222 g/mol. The highest BCUT2D eigenvalue weighted by molar-refractivity contribution is 5.85. The van der Waals surface area contributed by atoms with E-state index in [-0.39, 0.29) is 5.76 Å². The van der Waals surface area contributed by atoms with E-state index < -0.39 is 5.97 Å². The van der Waals surface area contributed by atoms with Crippen molar-refractivity contribution in [3.05, 3.63) is 41.5 Å². The standard InChI is InChI=1S/C12H13NO4/c1-2-9-11(12(14)15)17-10(13-9)6-5-8-4-3-7-16-8/h3-4,7H,2,5-6H2,1H3,(H,14,15). The fraction of sp³-hybridized carbons (Fsp3) is 0.333. The van der Waals surface area contributed by atoms with Crippen LogP contribution in [0.25, 0.3) is 0 Å². The van der Waals surface area contributed by atoms with Crippen molar-refractivity contribution in [3.8, 4) is 0 Å². The van der Waals surface area contributed by atoms with E-state index in [9.17, 15) is 4.79 Å². The van der Waals surface area contributed by atoms with Crippen molar-refractivity contribution in [2.24, 2.45) is 0 Å². The van der Waals surface area contributed by atoms with Gasteiger partial charge in [0.2, 0.25) is 5.76 Å². The molecule has 0 radical (unpaired) electrons. The summed E-state index contributed by atoms with van der Waals surface area (Å²) in [4.78, 5) is 15.0. The highest BCUT2D eigenvalue weighted by atomic mass is 16.4. The Kier molecular flexibility index (Phi) is 3.27. The quantitative estimate of drug-likeness (QED) is 0.860. The van der Waals surface area contributed by atoms with E-state index in [2.05, 4.69) is 4.98 Å². The first kappa shape index (κ1) is 11.4. The molecule has 2 heterocycles. The number of aromatic carboxylic acids is 1. The molecule has 0 aliphatic carbocycles. The lowest BCUT2D eigenvalue weighted by Crippen LogP contribution is -1.98. The summed E-state index contributed by atoms with van der Waals surface area (Å²) in [6, 6.07) is 3.67. The van der Waals surface area contributed by atoms with Gasteiger partial charge in [-0.15, -0.1) is 0 Å². The number of nitrogens with zero attached hydrogens (tertiary/aromatic N) is 1. The summed E-state index contributed by atoms with van der Waals surface area (Å²) < 4.78 is 10.4. The van der Waals surface area contributed by atoms with Crippen molar-refractivity contribution >= 4 is 5.97 Å². The average molecular weight is 235 g/mol. The predicted octanol–water partition coefficient (Wildman–Crippen LogP) is 2.31. The van der Waals surface area contributed by atoms with E-state index in [0.29, 0.717) is 30.8 Å². The highest BCUT2D eigenvalue weighted by Gasteiger charge is 2.17. The van der Waals surface area contributed by atoms with Crippen LogP contribution in [-0.4, -0.2) is 16.1 Å². The molecule has 17 heavy (non-hydrogen) atoms. The Bertz CT molecular complexity index is 499. The minimum Gasteiger partial charge on any atom is -0.475 e. The van der Waals surface area contributed by atoms with Gasteiger partial charge in [0.25, 0.3) is 0 Å². The summed E-state index contributed by atoms with van der Waals surface area (Å²) in [5, 5.41) is 8.91. The molecule has 0 fully saturated rings. The van der Waals surface area contributed by atoms with Crippen molar-refractivity contribution in [3.63, 3.8) is 0 Å². The second-order valence-electron chi connectivity index (χ2n) is 3.62. The zero-order valence-corrected chi connectivity index (χ0v) is 9.47. The van der Waals surface area contributed by atoms with Gasteiger partial charge in [-0.05, 0) is 18.6 Å². The molecule has 0 saturated carbocycles. The lowest BCUT2D eigenvalue weighted by Gasteiger charge is -1.92. The first-order valence-corrected chi connectivity index (χ1v) is 5.45. The number of rotatable bonds is 5. The zero-order valence-electron chi connectivity index (χ0n) is 9.47. The molecule has 0 aromatic carbocycles. The van der Waals surface area contributed by atoms with Crippen LogP contribution in [0.4, 0.5) is 0 Å². The number of hydrogen-bond acceptors (Lipinski definition) is 4. The average Bonchev–Trinajstić information content (AvgIpc) is 2.95. The molecule has 0 amide bonds. The largest absolute Gasteiger partial charge is 0.475 e. The van der Waals surface area contributed by atoms with E-state index in [1.807, 2.05) is 19.1 Å². The molecule has 0 atom stereocenters. The normalized spacial score (nSPS) is 10.6. The monoisotopic (exact) mass is 235 g/mol. The number of aromatic nitrogens is 1. The van der Waals surface area contributed by atoms with Crippen LogP contribution >= 0.6 is 0 Å². The minimum atomic E-state index is -1.07. The van der Waals surface area contributed by atoms with Crippen LogP contribution < -0.4 is 0 Å². The van der Waals surface area contributed by atoms with Gasteiger partial charge in [-0.2, -0.15) is 0 Å². The van der Waals surface area contributed by atoms with Crippen molar-refractivity contribution in [1.29, 1.82) is 0 Å². The van der Waals surface area contributed by atoms with E-state index in [1.165, 1.54) is 0 Å². The van der Waals surface area contributed by atoms with Crippen LogP contribution in [0.5, 0.6) is 0 Å². The SMILES string of the molecule is CCc1nc(CCc2ccco2)oc1C(=O)O. The Morgan fingerprint density at radius 1 is 1.47 bits per heavy atom. The lowest BCUT2D eigenvalue weighted by molar-refractivity contribution is 0.0659. The molecule has 2 aromatic rings. The van der Waals surface area contributed by atoms with E-state index in [0.717, 1.165) is 5.76 Å². The maximum absolute atomic E-state index is 10.9. The fourth-order valence-corrected chi connectivity index (χ4v) is 1.60. The van der Waals surface area contributed by atoms with Crippen molar-refractivity contribution in [2.75, 3.05) is 0 Å². The second-order valence-corrected chi connectivity index (χ2v) is 3.62. The number of carboxylic acids is 1. The van der Waals surface area contributed by atoms with E-state index in [4.69, 9.17) is 13.9 Å². The first-order chi connectivity index (χ1) is 8.20. The molecule has 1 N–H and O–H groups in total. The Hall–Kier alpha value is -2.04. The molecule has 0 unspecified atom stereocenters. The molecule has 2 aromatic heterocycles. The van der Waals surface area contributed by atoms with Crippen LogP contribution in [0.3, 0.4) is 0 Å². The molecular formula is C12H13NO4. The Morgan fingerprint density at radius 2 is 2.29 bits per heavy atom. The third kappa shape index (κ3) is 2.55. The summed E-state index contributed by atoms with van der Waals surface area (Å²) in [5.41, 5.74) is 0.493.